The lowest BCUT2D eigenvalue weighted by Gasteiger charge is -1.89. The molecule has 0 aliphatic rings. The molecular formula is C8H7BClNO. The van der Waals surface area contributed by atoms with Crippen molar-refractivity contribution in [1.29, 1.82) is 0 Å². The van der Waals surface area contributed by atoms with Gasteiger partial charge in [0.15, 0.2) is 5.58 Å². The Morgan fingerprint density at radius 3 is 3.08 bits per heavy atom. The first kappa shape index (κ1) is 7.68. The fourth-order valence-corrected chi connectivity index (χ4v) is 1.39. The fourth-order valence-electron chi connectivity index (χ4n) is 1.22. The van der Waals surface area contributed by atoms with Crippen LogP contribution in [0.15, 0.2) is 22.7 Å². The molecule has 0 bridgehead atoms. The van der Waals surface area contributed by atoms with Crippen LogP contribution < -0.4 is 0 Å². The minimum Gasteiger partial charge on any atom is -0.356 e. The maximum atomic E-state index is 5.84. The van der Waals surface area contributed by atoms with Gasteiger partial charge >= 0.3 is 0 Å². The summed E-state index contributed by atoms with van der Waals surface area (Å²) in [5.41, 5.74) is 1.77. The van der Waals surface area contributed by atoms with Gasteiger partial charge in [-0.3, -0.25) is 0 Å². The van der Waals surface area contributed by atoms with Crippen LogP contribution in [0.2, 0.25) is 5.02 Å². The Labute approximate surface area is 75.9 Å². The summed E-state index contributed by atoms with van der Waals surface area (Å²) in [7, 11) is 2.04. The highest BCUT2D eigenvalue weighted by atomic mass is 35.5. The summed E-state index contributed by atoms with van der Waals surface area (Å²) >= 11 is 5.84. The molecule has 0 aliphatic carbocycles. The number of aromatic nitrogens is 1. The van der Waals surface area contributed by atoms with Crippen molar-refractivity contribution in [1.82, 2.24) is 5.16 Å². The first-order chi connectivity index (χ1) is 5.81. The highest BCUT2D eigenvalue weighted by Crippen LogP contribution is 2.22. The second-order valence-corrected chi connectivity index (χ2v) is 3.06. The van der Waals surface area contributed by atoms with Crippen molar-refractivity contribution >= 4 is 30.4 Å². The third-order valence-electron chi connectivity index (χ3n) is 1.84. The smallest absolute Gasteiger partial charge is 0.167 e. The Balaban J connectivity index is 2.75. The SMILES string of the molecule is BCc1noc2ccc(Cl)cc12. The van der Waals surface area contributed by atoms with Crippen molar-refractivity contribution in [2.24, 2.45) is 0 Å². The lowest BCUT2D eigenvalue weighted by atomic mass is 10.00. The number of fused-ring (bicyclic) bond motifs is 1. The third kappa shape index (κ3) is 1.10. The van der Waals surface area contributed by atoms with E-state index in [-0.39, 0.29) is 0 Å². The van der Waals surface area contributed by atoms with Crippen molar-refractivity contribution in [2.75, 3.05) is 0 Å². The van der Waals surface area contributed by atoms with E-state index in [1.165, 1.54) is 0 Å². The number of benzene rings is 1. The summed E-state index contributed by atoms with van der Waals surface area (Å²) in [5, 5.41) is 5.66. The summed E-state index contributed by atoms with van der Waals surface area (Å²) in [4.78, 5) is 0. The molecule has 0 saturated heterocycles. The number of nitrogens with zero attached hydrogens (tertiary/aromatic N) is 1. The lowest BCUT2D eigenvalue weighted by Crippen LogP contribution is -1.82. The second kappa shape index (κ2) is 2.83. The average molecular weight is 179 g/mol. The maximum Gasteiger partial charge on any atom is 0.167 e. The van der Waals surface area contributed by atoms with Crippen molar-refractivity contribution in [2.45, 2.75) is 6.32 Å². The molecular weight excluding hydrogens is 172 g/mol. The van der Waals surface area contributed by atoms with Gasteiger partial charge in [-0.15, -0.1) is 0 Å². The van der Waals surface area contributed by atoms with E-state index in [9.17, 15) is 0 Å². The molecule has 0 amide bonds. The molecule has 0 spiro atoms. The van der Waals surface area contributed by atoms with Crippen LogP contribution in [0.4, 0.5) is 0 Å². The minimum atomic E-state index is 0.723. The van der Waals surface area contributed by atoms with E-state index in [1.54, 1.807) is 6.07 Å². The van der Waals surface area contributed by atoms with Gasteiger partial charge in [0.25, 0.3) is 0 Å². The van der Waals surface area contributed by atoms with Crippen LogP contribution in [0.5, 0.6) is 0 Å². The van der Waals surface area contributed by atoms with Gasteiger partial charge in [-0.25, -0.2) is 0 Å². The van der Waals surface area contributed by atoms with Crippen LogP contribution in [0.1, 0.15) is 5.69 Å². The zero-order valence-electron chi connectivity index (χ0n) is 6.67. The zero-order valence-corrected chi connectivity index (χ0v) is 7.43. The molecule has 4 heteroatoms. The van der Waals surface area contributed by atoms with Gasteiger partial charge in [-0.05, 0) is 24.5 Å². The van der Waals surface area contributed by atoms with Gasteiger partial charge in [0.2, 0.25) is 0 Å². The second-order valence-electron chi connectivity index (χ2n) is 2.62. The van der Waals surface area contributed by atoms with Crippen molar-refractivity contribution < 1.29 is 4.52 Å². The number of hydrogen-bond acceptors (Lipinski definition) is 2. The first-order valence-corrected chi connectivity index (χ1v) is 4.23. The summed E-state index contributed by atoms with van der Waals surface area (Å²) in [6.07, 6.45) is 0.868. The molecule has 0 unspecified atom stereocenters. The van der Waals surface area contributed by atoms with E-state index in [2.05, 4.69) is 5.16 Å². The van der Waals surface area contributed by atoms with Gasteiger partial charge in [0, 0.05) is 10.4 Å². The van der Waals surface area contributed by atoms with Crippen LogP contribution in [0.25, 0.3) is 11.0 Å². The average Bonchev–Trinajstić information content (AvgIpc) is 2.46. The molecule has 1 heterocycles. The Bertz CT molecular complexity index is 412. The summed E-state index contributed by atoms with van der Waals surface area (Å²) < 4.78 is 5.09. The van der Waals surface area contributed by atoms with Gasteiger partial charge in [-0.1, -0.05) is 16.8 Å². The monoisotopic (exact) mass is 179 g/mol. The molecule has 1 aromatic heterocycles. The van der Waals surface area contributed by atoms with E-state index < -0.39 is 0 Å². The molecule has 2 aromatic rings. The molecule has 0 fully saturated rings. The summed E-state index contributed by atoms with van der Waals surface area (Å²) in [6.45, 7) is 0. The molecule has 0 atom stereocenters. The van der Waals surface area contributed by atoms with Crippen LogP contribution in [0, 0.1) is 0 Å². The van der Waals surface area contributed by atoms with Gasteiger partial charge in [0.1, 0.15) is 7.85 Å². The summed E-state index contributed by atoms with van der Waals surface area (Å²) in [6, 6.07) is 5.52. The van der Waals surface area contributed by atoms with E-state index in [4.69, 9.17) is 16.1 Å². The number of rotatable bonds is 1. The molecule has 0 saturated carbocycles. The highest BCUT2D eigenvalue weighted by molar-refractivity contribution is 6.31. The van der Waals surface area contributed by atoms with Crippen LogP contribution in [-0.2, 0) is 6.32 Å². The Kier molecular flexibility index (Phi) is 1.81. The molecule has 12 heavy (non-hydrogen) atoms. The molecule has 2 nitrogen and oxygen atoms in total. The van der Waals surface area contributed by atoms with Crippen molar-refractivity contribution in [3.05, 3.63) is 28.9 Å². The largest absolute Gasteiger partial charge is 0.356 e. The topological polar surface area (TPSA) is 26.0 Å². The highest BCUT2D eigenvalue weighted by Gasteiger charge is 2.05. The zero-order chi connectivity index (χ0) is 8.55. The minimum absolute atomic E-state index is 0.723. The third-order valence-corrected chi connectivity index (χ3v) is 2.08. The van der Waals surface area contributed by atoms with Gasteiger partial charge < -0.3 is 4.52 Å². The molecule has 0 radical (unpaired) electrons. The molecule has 60 valence electrons. The Morgan fingerprint density at radius 1 is 1.50 bits per heavy atom. The number of hydrogen-bond donors (Lipinski definition) is 0. The quantitative estimate of drug-likeness (QED) is 0.622. The van der Waals surface area contributed by atoms with E-state index in [1.807, 2.05) is 20.0 Å². The molecule has 2 rings (SSSR count). The van der Waals surface area contributed by atoms with E-state index in [0.29, 0.717) is 0 Å². The van der Waals surface area contributed by atoms with Gasteiger partial charge in [0.05, 0.1) is 5.69 Å². The first-order valence-electron chi connectivity index (χ1n) is 3.85. The van der Waals surface area contributed by atoms with E-state index in [0.717, 1.165) is 28.0 Å². The normalized spacial score (nSPS) is 10.8. The number of halogens is 1. The standard InChI is InChI=1S/C8H7BClNO/c9-4-7-6-3-5(10)1-2-8(6)12-11-7/h1-3H,4,9H2. The Morgan fingerprint density at radius 2 is 2.33 bits per heavy atom. The molecule has 0 N–H and O–H groups in total. The van der Waals surface area contributed by atoms with E-state index >= 15 is 0 Å². The van der Waals surface area contributed by atoms with Crippen molar-refractivity contribution in [3.63, 3.8) is 0 Å². The van der Waals surface area contributed by atoms with Gasteiger partial charge in [-0.2, -0.15) is 0 Å². The Hall–Kier alpha value is -0.955. The fraction of sp³-hybridized carbons (Fsp3) is 0.125. The van der Waals surface area contributed by atoms with Crippen LogP contribution >= 0.6 is 11.6 Å². The lowest BCUT2D eigenvalue weighted by molar-refractivity contribution is 0.449. The van der Waals surface area contributed by atoms with Crippen molar-refractivity contribution in [3.8, 4) is 0 Å². The predicted molar refractivity (Wildman–Crippen MR) is 51.3 cm³/mol. The summed E-state index contributed by atoms with van der Waals surface area (Å²) in [5.74, 6) is 0. The molecule has 0 aliphatic heterocycles. The predicted octanol–water partition coefficient (Wildman–Crippen LogP) is 1.61. The van der Waals surface area contributed by atoms with Crippen LogP contribution in [-0.4, -0.2) is 13.0 Å². The maximum absolute atomic E-state index is 5.84. The van der Waals surface area contributed by atoms with Crippen LogP contribution in [0.3, 0.4) is 0 Å². The molecule has 1 aromatic carbocycles.